The van der Waals surface area contributed by atoms with E-state index in [1.165, 1.54) is 18.2 Å². The van der Waals surface area contributed by atoms with Crippen LogP contribution in [0.2, 0.25) is 0 Å². The molecular weight excluding hydrogens is 375 g/mol. The molecule has 1 aliphatic heterocycles. The van der Waals surface area contributed by atoms with Crippen molar-refractivity contribution < 1.29 is 18.7 Å². The number of nitrogens with one attached hydrogen (secondary N) is 1. The van der Waals surface area contributed by atoms with Gasteiger partial charge in [-0.2, -0.15) is 5.10 Å². The smallest absolute Gasteiger partial charge is 0.256 e. The number of likely N-dealkylation sites (tertiary alicyclic amines) is 1. The number of aliphatic hydroxyl groups is 1. The molecule has 7 nitrogen and oxygen atoms in total. The predicted octanol–water partition coefficient (Wildman–Crippen LogP) is 3.20. The van der Waals surface area contributed by atoms with E-state index < -0.39 is 5.82 Å². The molecule has 1 amide bonds. The second-order valence-electron chi connectivity index (χ2n) is 7.16. The third kappa shape index (κ3) is 4.55. The van der Waals surface area contributed by atoms with Gasteiger partial charge in [-0.05, 0) is 43.2 Å². The van der Waals surface area contributed by atoms with E-state index in [0.29, 0.717) is 18.1 Å². The molecule has 3 heterocycles. The molecule has 0 bridgehead atoms. The SMILES string of the molecule is O=C(Nc1ccnn1C1CCN(Cc2ccc(CO)o2)CC1)c1cccc(F)c1. The molecule has 0 radical (unpaired) electrons. The van der Waals surface area contributed by atoms with Gasteiger partial charge in [-0.25, -0.2) is 9.07 Å². The molecule has 1 aromatic carbocycles. The van der Waals surface area contributed by atoms with Crippen molar-refractivity contribution in [2.75, 3.05) is 18.4 Å². The van der Waals surface area contributed by atoms with Crippen LogP contribution in [-0.4, -0.2) is 38.8 Å². The highest BCUT2D eigenvalue weighted by Crippen LogP contribution is 2.26. The molecule has 8 heteroatoms. The topological polar surface area (TPSA) is 83.5 Å². The maximum absolute atomic E-state index is 13.4. The largest absolute Gasteiger partial charge is 0.462 e. The summed E-state index contributed by atoms with van der Waals surface area (Å²) >= 11 is 0. The summed E-state index contributed by atoms with van der Waals surface area (Å²) < 4.78 is 20.8. The van der Waals surface area contributed by atoms with E-state index >= 15 is 0 Å². The first-order valence-electron chi connectivity index (χ1n) is 9.63. The van der Waals surface area contributed by atoms with Gasteiger partial charge in [0.25, 0.3) is 5.91 Å². The summed E-state index contributed by atoms with van der Waals surface area (Å²) in [7, 11) is 0. The van der Waals surface area contributed by atoms with Gasteiger partial charge in [0.05, 0.1) is 18.8 Å². The van der Waals surface area contributed by atoms with Gasteiger partial charge in [0.1, 0.15) is 29.8 Å². The Morgan fingerprint density at radius 1 is 1.21 bits per heavy atom. The van der Waals surface area contributed by atoms with Crippen molar-refractivity contribution in [1.29, 1.82) is 0 Å². The fourth-order valence-electron chi connectivity index (χ4n) is 3.66. The van der Waals surface area contributed by atoms with Gasteiger partial charge in [-0.3, -0.25) is 9.69 Å². The van der Waals surface area contributed by atoms with Crippen molar-refractivity contribution in [2.24, 2.45) is 0 Å². The monoisotopic (exact) mass is 398 g/mol. The minimum absolute atomic E-state index is 0.0918. The molecule has 2 N–H and O–H groups in total. The van der Waals surface area contributed by atoms with Crippen LogP contribution >= 0.6 is 0 Å². The van der Waals surface area contributed by atoms with E-state index in [2.05, 4.69) is 15.3 Å². The minimum atomic E-state index is -0.443. The quantitative estimate of drug-likeness (QED) is 0.666. The third-order valence-electron chi connectivity index (χ3n) is 5.15. The maximum Gasteiger partial charge on any atom is 0.256 e. The lowest BCUT2D eigenvalue weighted by molar-refractivity contribution is 0.102. The van der Waals surface area contributed by atoms with Crippen LogP contribution in [0.25, 0.3) is 0 Å². The second kappa shape index (κ2) is 8.59. The normalized spacial score (nSPS) is 15.5. The predicted molar refractivity (Wildman–Crippen MR) is 105 cm³/mol. The molecule has 2 aromatic heterocycles. The zero-order chi connectivity index (χ0) is 20.2. The number of anilines is 1. The number of rotatable bonds is 6. The summed E-state index contributed by atoms with van der Waals surface area (Å²) in [6.45, 7) is 2.36. The van der Waals surface area contributed by atoms with E-state index in [9.17, 15) is 9.18 Å². The van der Waals surface area contributed by atoms with E-state index in [1.807, 2.05) is 10.7 Å². The van der Waals surface area contributed by atoms with Crippen LogP contribution in [0.4, 0.5) is 10.2 Å². The van der Waals surface area contributed by atoms with Crippen LogP contribution < -0.4 is 5.32 Å². The first kappa shape index (κ1) is 19.4. The van der Waals surface area contributed by atoms with Gasteiger partial charge in [-0.15, -0.1) is 0 Å². The summed E-state index contributed by atoms with van der Waals surface area (Å²) in [4.78, 5) is 14.7. The number of amides is 1. The Hall–Kier alpha value is -2.97. The number of aromatic nitrogens is 2. The van der Waals surface area contributed by atoms with Crippen LogP contribution in [0, 0.1) is 5.82 Å². The molecule has 0 unspecified atom stereocenters. The number of carbonyl (C=O) groups is 1. The number of aliphatic hydroxyl groups excluding tert-OH is 1. The number of hydrogen-bond acceptors (Lipinski definition) is 5. The number of piperidine rings is 1. The Morgan fingerprint density at radius 2 is 2.00 bits per heavy atom. The number of hydrogen-bond donors (Lipinski definition) is 2. The molecule has 3 aromatic rings. The molecule has 1 saturated heterocycles. The Bertz CT molecular complexity index is 976. The van der Waals surface area contributed by atoms with E-state index in [0.717, 1.165) is 31.7 Å². The van der Waals surface area contributed by atoms with Crippen LogP contribution in [0.3, 0.4) is 0 Å². The fraction of sp³-hybridized carbons (Fsp3) is 0.333. The molecule has 152 valence electrons. The highest BCUT2D eigenvalue weighted by Gasteiger charge is 2.24. The summed E-state index contributed by atoms with van der Waals surface area (Å²) in [5, 5.41) is 16.3. The van der Waals surface area contributed by atoms with Crippen molar-refractivity contribution in [3.8, 4) is 0 Å². The average molecular weight is 398 g/mol. The first-order valence-corrected chi connectivity index (χ1v) is 9.63. The van der Waals surface area contributed by atoms with Crippen LogP contribution in [0.5, 0.6) is 0 Å². The van der Waals surface area contributed by atoms with Crippen molar-refractivity contribution >= 4 is 11.7 Å². The van der Waals surface area contributed by atoms with Crippen molar-refractivity contribution in [3.63, 3.8) is 0 Å². The zero-order valence-corrected chi connectivity index (χ0v) is 15.9. The standard InChI is InChI=1S/C21H23FN4O3/c22-16-3-1-2-15(12-16)21(28)24-20-6-9-23-26(20)17-7-10-25(11-8-17)13-18-4-5-19(14-27)29-18/h1-6,9,12,17,27H,7-8,10-11,13-14H2,(H,24,28). The van der Waals surface area contributed by atoms with Crippen LogP contribution in [0.15, 0.2) is 53.1 Å². The number of halogens is 1. The van der Waals surface area contributed by atoms with Gasteiger partial charge < -0.3 is 14.8 Å². The fourth-order valence-corrected chi connectivity index (χ4v) is 3.66. The summed E-state index contributed by atoms with van der Waals surface area (Å²) in [5.41, 5.74) is 0.272. The summed E-state index contributed by atoms with van der Waals surface area (Å²) in [5.74, 6) is 1.22. The van der Waals surface area contributed by atoms with Crippen molar-refractivity contribution in [2.45, 2.75) is 32.0 Å². The van der Waals surface area contributed by atoms with Gasteiger partial charge >= 0.3 is 0 Å². The number of carbonyl (C=O) groups excluding carboxylic acids is 1. The zero-order valence-electron chi connectivity index (χ0n) is 15.9. The molecule has 29 heavy (non-hydrogen) atoms. The summed E-state index contributed by atoms with van der Waals surface area (Å²) in [6.07, 6.45) is 3.43. The molecule has 1 aliphatic rings. The first-order chi connectivity index (χ1) is 14.1. The molecule has 0 aliphatic carbocycles. The Labute approximate surface area is 167 Å². The summed E-state index contributed by atoms with van der Waals surface area (Å²) in [6, 6.07) is 11.2. The van der Waals surface area contributed by atoms with E-state index in [1.54, 1.807) is 24.4 Å². The number of nitrogens with zero attached hydrogens (tertiary/aromatic N) is 3. The van der Waals surface area contributed by atoms with Gasteiger partial charge in [0.15, 0.2) is 0 Å². The lowest BCUT2D eigenvalue weighted by Crippen LogP contribution is -2.34. The second-order valence-corrected chi connectivity index (χ2v) is 7.16. The van der Waals surface area contributed by atoms with Crippen LogP contribution in [-0.2, 0) is 13.2 Å². The minimum Gasteiger partial charge on any atom is -0.462 e. The molecule has 4 rings (SSSR count). The number of benzene rings is 1. The van der Waals surface area contributed by atoms with Crippen LogP contribution in [0.1, 0.15) is 40.8 Å². The molecular formula is C21H23FN4O3. The third-order valence-corrected chi connectivity index (χ3v) is 5.15. The van der Waals surface area contributed by atoms with Gasteiger partial charge in [0, 0.05) is 24.7 Å². The molecule has 0 saturated carbocycles. The van der Waals surface area contributed by atoms with E-state index in [4.69, 9.17) is 9.52 Å². The Balaban J connectivity index is 1.36. The molecule has 0 spiro atoms. The van der Waals surface area contributed by atoms with Crippen molar-refractivity contribution in [3.05, 3.63) is 71.6 Å². The average Bonchev–Trinajstić information content (AvgIpc) is 3.38. The maximum atomic E-state index is 13.4. The molecule has 1 fully saturated rings. The Kier molecular flexibility index (Phi) is 5.73. The van der Waals surface area contributed by atoms with E-state index in [-0.39, 0.29) is 24.1 Å². The van der Waals surface area contributed by atoms with Gasteiger partial charge in [0.2, 0.25) is 0 Å². The molecule has 0 atom stereocenters. The van der Waals surface area contributed by atoms with Crippen molar-refractivity contribution in [1.82, 2.24) is 14.7 Å². The number of furan rings is 1. The van der Waals surface area contributed by atoms with Gasteiger partial charge in [-0.1, -0.05) is 6.07 Å². The Morgan fingerprint density at radius 3 is 2.72 bits per heavy atom. The lowest BCUT2D eigenvalue weighted by Gasteiger charge is -2.32. The lowest BCUT2D eigenvalue weighted by atomic mass is 10.1. The highest BCUT2D eigenvalue weighted by atomic mass is 19.1. The highest BCUT2D eigenvalue weighted by molar-refractivity contribution is 6.03.